The second kappa shape index (κ2) is 6.35. The van der Waals surface area contributed by atoms with E-state index in [2.05, 4.69) is 26.2 Å². The van der Waals surface area contributed by atoms with Crippen LogP contribution >= 0.6 is 15.9 Å². The second-order valence-corrected chi connectivity index (χ2v) is 5.66. The lowest BCUT2D eigenvalue weighted by Gasteiger charge is -2.24. The molecule has 2 rings (SSSR count). The van der Waals surface area contributed by atoms with E-state index in [1.54, 1.807) is 12.3 Å². The van der Waals surface area contributed by atoms with Gasteiger partial charge >= 0.3 is 0 Å². The Labute approximate surface area is 126 Å². The maximum atomic E-state index is 12.4. The summed E-state index contributed by atoms with van der Waals surface area (Å²) in [7, 11) is 0. The summed E-state index contributed by atoms with van der Waals surface area (Å²) >= 11 is 3.38. The molecule has 2 heterocycles. The fourth-order valence-corrected chi connectivity index (χ4v) is 2.83. The minimum absolute atomic E-state index is 0.00558. The Hall–Kier alpha value is -1.43. The minimum atomic E-state index is -0.519. The van der Waals surface area contributed by atoms with Crippen molar-refractivity contribution in [3.8, 4) is 0 Å². The molecule has 0 aromatic carbocycles. The molecule has 1 atom stereocenters. The lowest BCUT2D eigenvalue weighted by atomic mass is 10.1. The van der Waals surface area contributed by atoms with Gasteiger partial charge < -0.3 is 5.32 Å². The lowest BCUT2D eigenvalue weighted by molar-refractivity contribution is -0.141. The van der Waals surface area contributed by atoms with E-state index >= 15 is 0 Å². The molecular weight excluding hydrogens is 322 g/mol. The number of nitrogens with zero attached hydrogens (tertiary/aromatic N) is 2. The van der Waals surface area contributed by atoms with Gasteiger partial charge in [-0.3, -0.25) is 14.5 Å². The first-order valence-corrected chi connectivity index (χ1v) is 7.60. The van der Waals surface area contributed by atoms with Gasteiger partial charge in [-0.1, -0.05) is 13.8 Å². The molecule has 1 N–H and O–H groups in total. The minimum Gasteiger partial charge on any atom is -0.357 e. The van der Waals surface area contributed by atoms with Crippen LogP contribution in [0.1, 0.15) is 33.1 Å². The van der Waals surface area contributed by atoms with Crippen LogP contribution in [0.2, 0.25) is 0 Å². The van der Waals surface area contributed by atoms with Crippen LogP contribution in [0.25, 0.3) is 0 Å². The Morgan fingerprint density at radius 2 is 2.15 bits per heavy atom. The largest absolute Gasteiger partial charge is 0.357 e. The molecule has 1 aliphatic heterocycles. The molecule has 1 aliphatic rings. The summed E-state index contributed by atoms with van der Waals surface area (Å²) in [6, 6.07) is 3.12. The summed E-state index contributed by atoms with van der Waals surface area (Å²) in [6.07, 6.45) is 3.41. The standard InChI is InChI=1S/C14H18BrN3O2/c1-3-9(4-2)18-12(19)8-11(14(18)20)17-13-10(15)6-5-7-16-13/h5-7,9,11H,3-4,8H2,1-2H3,(H,16,17). The molecule has 0 bridgehead atoms. The molecule has 1 saturated heterocycles. The Morgan fingerprint density at radius 1 is 1.45 bits per heavy atom. The number of rotatable bonds is 5. The predicted molar refractivity (Wildman–Crippen MR) is 80.2 cm³/mol. The predicted octanol–water partition coefficient (Wildman–Crippen LogP) is 2.57. The number of hydrogen-bond donors (Lipinski definition) is 1. The Balaban J connectivity index is 2.14. The number of hydrogen-bond acceptors (Lipinski definition) is 4. The van der Waals surface area contributed by atoms with Crippen LogP contribution in [0.4, 0.5) is 5.82 Å². The van der Waals surface area contributed by atoms with Crippen molar-refractivity contribution in [2.24, 2.45) is 0 Å². The van der Waals surface area contributed by atoms with E-state index < -0.39 is 6.04 Å². The highest BCUT2D eigenvalue weighted by Gasteiger charge is 2.41. The van der Waals surface area contributed by atoms with E-state index in [9.17, 15) is 9.59 Å². The zero-order valence-electron chi connectivity index (χ0n) is 11.6. The molecular formula is C14H18BrN3O2. The number of carbonyl (C=O) groups is 2. The van der Waals surface area contributed by atoms with Crippen LogP contribution in [0, 0.1) is 0 Å². The first-order valence-electron chi connectivity index (χ1n) is 6.81. The van der Waals surface area contributed by atoms with Gasteiger partial charge in [-0.15, -0.1) is 0 Å². The molecule has 5 nitrogen and oxygen atoms in total. The van der Waals surface area contributed by atoms with Crippen LogP contribution in [-0.2, 0) is 9.59 Å². The first kappa shape index (κ1) is 15.0. The molecule has 0 radical (unpaired) electrons. The Morgan fingerprint density at radius 3 is 2.75 bits per heavy atom. The van der Waals surface area contributed by atoms with Crippen molar-refractivity contribution in [1.82, 2.24) is 9.88 Å². The highest BCUT2D eigenvalue weighted by atomic mass is 79.9. The number of imide groups is 1. The zero-order chi connectivity index (χ0) is 14.7. The highest BCUT2D eigenvalue weighted by Crippen LogP contribution is 2.25. The number of likely N-dealkylation sites (tertiary alicyclic amines) is 1. The lowest BCUT2D eigenvalue weighted by Crippen LogP contribution is -2.41. The van der Waals surface area contributed by atoms with Crippen LogP contribution in [0.3, 0.4) is 0 Å². The maximum absolute atomic E-state index is 12.4. The van der Waals surface area contributed by atoms with Gasteiger partial charge in [-0.05, 0) is 40.9 Å². The third-order valence-corrected chi connectivity index (χ3v) is 4.20. The van der Waals surface area contributed by atoms with Crippen LogP contribution in [-0.4, -0.2) is 33.8 Å². The first-order chi connectivity index (χ1) is 9.58. The number of carbonyl (C=O) groups excluding carboxylic acids is 2. The zero-order valence-corrected chi connectivity index (χ0v) is 13.2. The summed E-state index contributed by atoms with van der Waals surface area (Å²) in [4.78, 5) is 30.0. The molecule has 1 aromatic heterocycles. The van der Waals surface area contributed by atoms with Crippen molar-refractivity contribution in [2.45, 2.75) is 45.2 Å². The Kier molecular flexibility index (Phi) is 4.75. The average molecular weight is 340 g/mol. The maximum Gasteiger partial charge on any atom is 0.252 e. The Bertz CT molecular complexity index is 517. The quantitative estimate of drug-likeness (QED) is 0.837. The van der Waals surface area contributed by atoms with E-state index in [0.29, 0.717) is 5.82 Å². The van der Waals surface area contributed by atoms with Crippen molar-refractivity contribution in [3.63, 3.8) is 0 Å². The van der Waals surface area contributed by atoms with Gasteiger partial charge in [-0.2, -0.15) is 0 Å². The third-order valence-electron chi connectivity index (χ3n) is 3.56. The van der Waals surface area contributed by atoms with E-state index in [-0.39, 0.29) is 24.3 Å². The van der Waals surface area contributed by atoms with Crippen LogP contribution < -0.4 is 5.32 Å². The monoisotopic (exact) mass is 339 g/mol. The topological polar surface area (TPSA) is 62.3 Å². The molecule has 0 saturated carbocycles. The number of pyridine rings is 1. The van der Waals surface area contributed by atoms with Gasteiger partial charge in [0.05, 0.1) is 10.9 Å². The number of amides is 2. The van der Waals surface area contributed by atoms with Gasteiger partial charge in [0, 0.05) is 12.2 Å². The van der Waals surface area contributed by atoms with Crippen molar-refractivity contribution in [3.05, 3.63) is 22.8 Å². The van der Waals surface area contributed by atoms with Crippen molar-refractivity contribution in [2.75, 3.05) is 5.32 Å². The summed E-state index contributed by atoms with van der Waals surface area (Å²) in [5.41, 5.74) is 0. The smallest absolute Gasteiger partial charge is 0.252 e. The fraction of sp³-hybridized carbons (Fsp3) is 0.500. The average Bonchev–Trinajstić information content (AvgIpc) is 2.71. The van der Waals surface area contributed by atoms with Crippen LogP contribution in [0.5, 0.6) is 0 Å². The summed E-state index contributed by atoms with van der Waals surface area (Å²) in [5.74, 6) is 0.333. The number of aromatic nitrogens is 1. The van der Waals surface area contributed by atoms with Gasteiger partial charge in [0.1, 0.15) is 11.9 Å². The molecule has 6 heteroatoms. The molecule has 0 aliphatic carbocycles. The van der Waals surface area contributed by atoms with Gasteiger partial charge in [0.2, 0.25) is 5.91 Å². The molecule has 1 aromatic rings. The van der Waals surface area contributed by atoms with Gasteiger partial charge in [-0.25, -0.2) is 4.98 Å². The molecule has 0 spiro atoms. The molecule has 1 unspecified atom stereocenters. The summed E-state index contributed by atoms with van der Waals surface area (Å²) in [5, 5.41) is 3.05. The van der Waals surface area contributed by atoms with Crippen molar-refractivity contribution < 1.29 is 9.59 Å². The molecule has 1 fully saturated rings. The number of anilines is 1. The van der Waals surface area contributed by atoms with Crippen molar-refractivity contribution >= 4 is 33.6 Å². The summed E-state index contributed by atoms with van der Waals surface area (Å²) in [6.45, 7) is 3.98. The SMILES string of the molecule is CCC(CC)N1C(=O)CC(Nc2ncccc2Br)C1=O. The van der Waals surface area contributed by atoms with Crippen LogP contribution in [0.15, 0.2) is 22.8 Å². The van der Waals surface area contributed by atoms with E-state index in [1.165, 1.54) is 4.90 Å². The molecule has 108 valence electrons. The van der Waals surface area contributed by atoms with E-state index in [0.717, 1.165) is 17.3 Å². The summed E-state index contributed by atoms with van der Waals surface area (Å²) < 4.78 is 0.779. The van der Waals surface area contributed by atoms with E-state index in [1.807, 2.05) is 19.9 Å². The van der Waals surface area contributed by atoms with E-state index in [4.69, 9.17) is 0 Å². The van der Waals surface area contributed by atoms with Gasteiger partial charge in [0.25, 0.3) is 5.91 Å². The fourth-order valence-electron chi connectivity index (χ4n) is 2.46. The number of halogens is 1. The highest BCUT2D eigenvalue weighted by molar-refractivity contribution is 9.10. The molecule has 20 heavy (non-hydrogen) atoms. The second-order valence-electron chi connectivity index (χ2n) is 4.81. The molecule has 2 amide bonds. The number of nitrogens with one attached hydrogen (secondary N) is 1. The van der Waals surface area contributed by atoms with Gasteiger partial charge in [0.15, 0.2) is 0 Å². The van der Waals surface area contributed by atoms with Crippen molar-refractivity contribution in [1.29, 1.82) is 0 Å². The third kappa shape index (κ3) is 2.85. The normalized spacial score (nSPS) is 19.0.